The van der Waals surface area contributed by atoms with Gasteiger partial charge in [-0.05, 0) is 26.7 Å². The molecule has 4 amide bonds. The Balaban J connectivity index is 1.65. The molecule has 0 N–H and O–H groups in total. The van der Waals surface area contributed by atoms with Gasteiger partial charge in [-0.25, -0.2) is 9.59 Å². The molecule has 8 heteroatoms. The third-order valence-electron chi connectivity index (χ3n) is 6.29. The fourth-order valence-electron chi connectivity index (χ4n) is 4.29. The van der Waals surface area contributed by atoms with Crippen LogP contribution < -0.4 is 0 Å². The highest BCUT2D eigenvalue weighted by molar-refractivity contribution is 5.85. The highest BCUT2D eigenvalue weighted by Gasteiger charge is 2.63. The van der Waals surface area contributed by atoms with Crippen molar-refractivity contribution in [2.75, 3.05) is 26.7 Å². The Bertz CT molecular complexity index is 477. The number of rotatable bonds is 4. The lowest BCUT2D eigenvalue weighted by molar-refractivity contribution is -0.0416. The van der Waals surface area contributed by atoms with E-state index in [-0.39, 0.29) is 24.4 Å². The fraction of sp³-hybridized carbons (Fsp3) is 0.875. The Morgan fingerprint density at radius 3 is 1.29 bits per heavy atom. The molecule has 0 radical (unpaired) electrons. The monoisotopic (exact) mass is 336 g/mol. The van der Waals surface area contributed by atoms with E-state index in [0.29, 0.717) is 38.8 Å². The highest BCUT2D eigenvalue weighted by atomic mass is 16.2. The van der Waals surface area contributed by atoms with Gasteiger partial charge in [0.15, 0.2) is 12.3 Å². The van der Waals surface area contributed by atoms with Gasteiger partial charge in [-0.1, -0.05) is 13.8 Å². The van der Waals surface area contributed by atoms with Crippen LogP contribution in [0.25, 0.3) is 0 Å². The number of hydrogen-bond donors (Lipinski definition) is 0. The molecule has 0 aromatic heterocycles. The molecule has 4 rings (SSSR count). The molecular formula is C16H28N6O2. The lowest BCUT2D eigenvalue weighted by Gasteiger charge is -2.45. The molecule has 4 aliphatic rings. The minimum Gasteiger partial charge on any atom is -0.287 e. The summed E-state index contributed by atoms with van der Waals surface area (Å²) in [7, 11) is 0. The van der Waals surface area contributed by atoms with E-state index in [1.807, 2.05) is 19.6 Å². The van der Waals surface area contributed by atoms with E-state index in [2.05, 4.69) is 37.5 Å². The Kier molecular flexibility index (Phi) is 3.65. The number of nitrogens with zero attached hydrogens (tertiary/aromatic N) is 6. The average Bonchev–Trinajstić information content (AvgIpc) is 3.06. The van der Waals surface area contributed by atoms with Gasteiger partial charge in [0.2, 0.25) is 0 Å². The van der Waals surface area contributed by atoms with Crippen LogP contribution in [0.1, 0.15) is 40.5 Å². The summed E-state index contributed by atoms with van der Waals surface area (Å²) in [4.78, 5) is 38.0. The summed E-state index contributed by atoms with van der Waals surface area (Å²) >= 11 is 0. The molecule has 4 fully saturated rings. The number of amides is 4. The second-order valence-electron chi connectivity index (χ2n) is 7.53. The van der Waals surface area contributed by atoms with Gasteiger partial charge in [0.1, 0.15) is 0 Å². The van der Waals surface area contributed by atoms with Crippen molar-refractivity contribution in [1.82, 2.24) is 29.4 Å². The normalized spacial score (nSPS) is 32.7. The Labute approximate surface area is 143 Å². The van der Waals surface area contributed by atoms with Crippen molar-refractivity contribution in [1.29, 1.82) is 0 Å². The Morgan fingerprint density at radius 1 is 0.750 bits per heavy atom. The van der Waals surface area contributed by atoms with E-state index in [4.69, 9.17) is 0 Å². The van der Waals surface area contributed by atoms with E-state index >= 15 is 0 Å². The molecule has 0 aromatic carbocycles. The molecule has 4 heterocycles. The van der Waals surface area contributed by atoms with Gasteiger partial charge in [-0.2, -0.15) is 0 Å². The first kappa shape index (κ1) is 16.0. The second kappa shape index (κ2) is 5.49. The predicted octanol–water partition coefficient (Wildman–Crippen LogP) is 1.17. The molecule has 0 aromatic rings. The van der Waals surface area contributed by atoms with Crippen molar-refractivity contribution in [2.45, 2.75) is 65.0 Å². The Hall–Kier alpha value is -1.54. The topological polar surface area (TPSA) is 53.6 Å². The molecule has 0 spiro atoms. The van der Waals surface area contributed by atoms with Crippen LogP contribution in [0, 0.1) is 0 Å². The molecular weight excluding hydrogens is 308 g/mol. The third-order valence-corrected chi connectivity index (χ3v) is 6.29. The van der Waals surface area contributed by atoms with Crippen LogP contribution in [0.4, 0.5) is 9.59 Å². The summed E-state index contributed by atoms with van der Waals surface area (Å²) in [6, 6.07) is 0.835. The van der Waals surface area contributed by atoms with E-state index in [0.717, 1.165) is 12.8 Å². The molecule has 0 aliphatic carbocycles. The number of urea groups is 2. The molecule has 8 nitrogen and oxygen atoms in total. The van der Waals surface area contributed by atoms with Crippen molar-refractivity contribution in [3.05, 3.63) is 0 Å². The summed E-state index contributed by atoms with van der Waals surface area (Å²) in [6.45, 7) is 11.1. The number of carbonyl (C=O) groups is 2. The fourth-order valence-corrected chi connectivity index (χ4v) is 4.29. The Morgan fingerprint density at radius 2 is 1.04 bits per heavy atom. The zero-order valence-corrected chi connectivity index (χ0v) is 15.1. The molecule has 134 valence electrons. The third kappa shape index (κ3) is 1.99. The summed E-state index contributed by atoms with van der Waals surface area (Å²) in [5, 5.41) is 0. The standard InChI is InChI=1S/C16H28N6O2/c1-5-11(3)17-7-19-13-14-21(15(19)23)9-18(12(4)6-2)10-22(14)16(24)20(13)8-17/h11-14H,5-10H2,1-4H3. The van der Waals surface area contributed by atoms with Crippen LogP contribution in [0.15, 0.2) is 0 Å². The van der Waals surface area contributed by atoms with Crippen LogP contribution in [0.2, 0.25) is 0 Å². The van der Waals surface area contributed by atoms with Gasteiger partial charge >= 0.3 is 12.1 Å². The maximum atomic E-state index is 13.0. The molecule has 4 saturated heterocycles. The predicted molar refractivity (Wildman–Crippen MR) is 88.4 cm³/mol. The van der Waals surface area contributed by atoms with Gasteiger partial charge in [0.25, 0.3) is 0 Å². The maximum absolute atomic E-state index is 13.0. The van der Waals surface area contributed by atoms with Crippen LogP contribution >= 0.6 is 0 Å². The minimum absolute atomic E-state index is 0.0634. The summed E-state index contributed by atoms with van der Waals surface area (Å²) < 4.78 is 0. The van der Waals surface area contributed by atoms with Crippen molar-refractivity contribution < 1.29 is 9.59 Å². The van der Waals surface area contributed by atoms with Crippen LogP contribution in [0.3, 0.4) is 0 Å². The van der Waals surface area contributed by atoms with E-state index < -0.39 is 0 Å². The zero-order valence-electron chi connectivity index (χ0n) is 15.1. The SMILES string of the molecule is CCC(C)N1CN2C(=O)N3CN(C(C)CC)CN4C(=O)N(C1)C2C34. The maximum Gasteiger partial charge on any atom is 0.325 e. The van der Waals surface area contributed by atoms with Crippen molar-refractivity contribution >= 4 is 12.1 Å². The van der Waals surface area contributed by atoms with Crippen molar-refractivity contribution in [3.63, 3.8) is 0 Å². The molecule has 24 heavy (non-hydrogen) atoms. The summed E-state index contributed by atoms with van der Waals surface area (Å²) in [5.41, 5.74) is 0. The van der Waals surface area contributed by atoms with E-state index in [1.54, 1.807) is 0 Å². The molecule has 0 bridgehead atoms. The van der Waals surface area contributed by atoms with Gasteiger partial charge < -0.3 is 0 Å². The average molecular weight is 336 g/mol. The number of carbonyl (C=O) groups excluding carboxylic acids is 2. The lowest BCUT2D eigenvalue weighted by Crippen LogP contribution is -2.62. The van der Waals surface area contributed by atoms with Gasteiger partial charge in [-0.3, -0.25) is 29.4 Å². The quantitative estimate of drug-likeness (QED) is 0.773. The smallest absolute Gasteiger partial charge is 0.287 e. The number of hydrogen-bond acceptors (Lipinski definition) is 4. The summed E-state index contributed by atoms with van der Waals surface area (Å²) in [5.74, 6) is 0. The lowest BCUT2D eigenvalue weighted by atomic mass is 10.2. The van der Waals surface area contributed by atoms with Gasteiger partial charge in [0, 0.05) is 12.1 Å². The molecule has 0 saturated carbocycles. The van der Waals surface area contributed by atoms with Crippen molar-refractivity contribution in [2.24, 2.45) is 0 Å². The zero-order chi connectivity index (χ0) is 17.2. The summed E-state index contributed by atoms with van der Waals surface area (Å²) in [6.07, 6.45) is 1.77. The van der Waals surface area contributed by atoms with Crippen LogP contribution in [-0.4, -0.2) is 92.6 Å². The van der Waals surface area contributed by atoms with E-state index in [1.165, 1.54) is 0 Å². The van der Waals surface area contributed by atoms with Gasteiger partial charge in [-0.15, -0.1) is 0 Å². The molecule has 2 unspecified atom stereocenters. The minimum atomic E-state index is -0.121. The second-order valence-corrected chi connectivity index (χ2v) is 7.53. The van der Waals surface area contributed by atoms with E-state index in [9.17, 15) is 9.59 Å². The molecule has 4 aliphatic heterocycles. The van der Waals surface area contributed by atoms with Crippen LogP contribution in [0.5, 0.6) is 0 Å². The molecule has 2 atom stereocenters. The first-order valence-corrected chi connectivity index (χ1v) is 9.10. The highest BCUT2D eigenvalue weighted by Crippen LogP contribution is 2.40. The van der Waals surface area contributed by atoms with Crippen LogP contribution in [-0.2, 0) is 0 Å². The first-order valence-electron chi connectivity index (χ1n) is 9.10. The van der Waals surface area contributed by atoms with Crippen molar-refractivity contribution in [3.8, 4) is 0 Å². The first-order chi connectivity index (χ1) is 11.5. The largest absolute Gasteiger partial charge is 0.325 e. The van der Waals surface area contributed by atoms with Gasteiger partial charge in [0.05, 0.1) is 26.7 Å².